The van der Waals surface area contributed by atoms with Gasteiger partial charge in [0.1, 0.15) is 6.54 Å². The third-order valence-corrected chi connectivity index (χ3v) is 2.98. The molecule has 0 unspecified atom stereocenters. The number of nitrogens with zero attached hydrogens (tertiary/aromatic N) is 2. The predicted molar refractivity (Wildman–Crippen MR) is 65.3 cm³/mol. The molecule has 0 radical (unpaired) electrons. The third-order valence-electron chi connectivity index (χ3n) is 2.98. The van der Waals surface area contributed by atoms with Gasteiger partial charge in [0.05, 0.1) is 5.92 Å². The van der Waals surface area contributed by atoms with Crippen LogP contribution in [-0.4, -0.2) is 46.1 Å². The molecular formula is C12H12F3N3O3. The molecule has 21 heavy (non-hydrogen) atoms. The standard InChI is InChI=1S/C12H12F3N3O3/c13-12(14,15)6-18-5-7(4-9(18)20)11(21)17-10-8(19)2-1-3-16-10/h1-3,7,19H,4-6H2,(H,16,17,21)/t7-/m1/s1. The molecule has 2 heterocycles. The molecule has 2 N–H and O–H groups in total. The molecule has 0 aliphatic carbocycles. The summed E-state index contributed by atoms with van der Waals surface area (Å²) in [7, 11) is 0. The summed E-state index contributed by atoms with van der Waals surface area (Å²) in [4.78, 5) is 27.7. The van der Waals surface area contributed by atoms with Crippen LogP contribution in [0.2, 0.25) is 0 Å². The van der Waals surface area contributed by atoms with Crippen molar-refractivity contribution in [2.24, 2.45) is 5.92 Å². The zero-order valence-corrected chi connectivity index (χ0v) is 10.7. The number of nitrogens with one attached hydrogen (secondary N) is 1. The highest BCUT2D eigenvalue weighted by atomic mass is 19.4. The second-order valence-corrected chi connectivity index (χ2v) is 4.65. The molecule has 1 aromatic heterocycles. The molecule has 2 amide bonds. The fourth-order valence-corrected chi connectivity index (χ4v) is 2.03. The number of hydrogen-bond acceptors (Lipinski definition) is 4. The Bertz CT molecular complexity index is 562. The van der Waals surface area contributed by atoms with E-state index in [-0.39, 0.29) is 24.5 Å². The maximum atomic E-state index is 12.3. The van der Waals surface area contributed by atoms with E-state index in [4.69, 9.17) is 0 Å². The van der Waals surface area contributed by atoms with Gasteiger partial charge in [0.2, 0.25) is 11.8 Å². The van der Waals surface area contributed by atoms with E-state index in [0.29, 0.717) is 4.90 Å². The molecule has 1 aromatic rings. The topological polar surface area (TPSA) is 82.5 Å². The first kappa shape index (κ1) is 15.1. The van der Waals surface area contributed by atoms with Crippen LogP contribution in [0.5, 0.6) is 5.75 Å². The Balaban J connectivity index is 1.99. The Morgan fingerprint density at radius 2 is 2.24 bits per heavy atom. The molecule has 0 spiro atoms. The molecule has 2 rings (SSSR count). The van der Waals surface area contributed by atoms with Crippen LogP contribution >= 0.6 is 0 Å². The summed E-state index contributed by atoms with van der Waals surface area (Å²) in [6.45, 7) is -1.68. The van der Waals surface area contributed by atoms with Crippen molar-refractivity contribution >= 4 is 17.6 Å². The van der Waals surface area contributed by atoms with Crippen LogP contribution in [0.15, 0.2) is 18.3 Å². The summed E-state index contributed by atoms with van der Waals surface area (Å²) in [5.41, 5.74) is 0. The van der Waals surface area contributed by atoms with Gasteiger partial charge in [0.15, 0.2) is 11.6 Å². The molecule has 1 aliphatic heterocycles. The number of aromatic hydroxyl groups is 1. The first-order valence-electron chi connectivity index (χ1n) is 6.05. The van der Waals surface area contributed by atoms with Gasteiger partial charge in [-0.3, -0.25) is 9.59 Å². The van der Waals surface area contributed by atoms with Crippen molar-refractivity contribution in [3.8, 4) is 5.75 Å². The summed E-state index contributed by atoms with van der Waals surface area (Å²) in [6, 6.07) is 2.76. The van der Waals surface area contributed by atoms with Gasteiger partial charge in [-0.1, -0.05) is 0 Å². The van der Waals surface area contributed by atoms with Crippen LogP contribution in [0.4, 0.5) is 19.0 Å². The summed E-state index contributed by atoms with van der Waals surface area (Å²) in [5.74, 6) is -2.63. The average Bonchev–Trinajstić information content (AvgIpc) is 2.72. The maximum absolute atomic E-state index is 12.3. The van der Waals surface area contributed by atoms with Gasteiger partial charge in [-0.25, -0.2) is 4.98 Å². The number of carbonyl (C=O) groups is 2. The lowest BCUT2D eigenvalue weighted by molar-refractivity contribution is -0.157. The highest BCUT2D eigenvalue weighted by Crippen LogP contribution is 2.26. The number of halogens is 3. The van der Waals surface area contributed by atoms with Crippen molar-refractivity contribution in [3.05, 3.63) is 18.3 Å². The van der Waals surface area contributed by atoms with Crippen LogP contribution in [0.1, 0.15) is 6.42 Å². The lowest BCUT2D eigenvalue weighted by atomic mass is 10.1. The Labute approximate surface area is 117 Å². The van der Waals surface area contributed by atoms with Crippen molar-refractivity contribution in [3.63, 3.8) is 0 Å². The first-order chi connectivity index (χ1) is 9.76. The number of hydrogen-bond donors (Lipinski definition) is 2. The highest BCUT2D eigenvalue weighted by Gasteiger charge is 2.40. The minimum Gasteiger partial charge on any atom is -0.504 e. The SMILES string of the molecule is O=C(Nc1ncccc1O)[C@@H]1CC(=O)N(CC(F)(F)F)C1. The van der Waals surface area contributed by atoms with Crippen molar-refractivity contribution in [2.75, 3.05) is 18.4 Å². The Morgan fingerprint density at radius 1 is 1.52 bits per heavy atom. The number of anilines is 1. The van der Waals surface area contributed by atoms with Crippen LogP contribution in [0, 0.1) is 5.92 Å². The Kier molecular flexibility index (Phi) is 4.01. The first-order valence-corrected chi connectivity index (χ1v) is 6.05. The summed E-state index contributed by atoms with van der Waals surface area (Å²) in [6.07, 6.45) is -3.46. The largest absolute Gasteiger partial charge is 0.504 e. The quantitative estimate of drug-likeness (QED) is 0.877. The van der Waals surface area contributed by atoms with Gasteiger partial charge in [-0.05, 0) is 12.1 Å². The minimum atomic E-state index is -4.50. The van der Waals surface area contributed by atoms with Crippen molar-refractivity contribution < 1.29 is 27.9 Å². The molecule has 6 nitrogen and oxygen atoms in total. The molecule has 9 heteroatoms. The van der Waals surface area contributed by atoms with E-state index >= 15 is 0 Å². The second-order valence-electron chi connectivity index (χ2n) is 4.65. The number of rotatable bonds is 3. The molecule has 0 bridgehead atoms. The van der Waals surface area contributed by atoms with Crippen molar-refractivity contribution in [1.82, 2.24) is 9.88 Å². The van der Waals surface area contributed by atoms with Crippen LogP contribution in [0.3, 0.4) is 0 Å². The van der Waals surface area contributed by atoms with Gasteiger partial charge in [-0.15, -0.1) is 0 Å². The highest BCUT2D eigenvalue weighted by molar-refractivity contribution is 5.97. The molecule has 1 fully saturated rings. The molecule has 0 saturated carbocycles. The van der Waals surface area contributed by atoms with Gasteiger partial charge in [0.25, 0.3) is 0 Å². The van der Waals surface area contributed by atoms with Gasteiger partial charge >= 0.3 is 6.18 Å². The van der Waals surface area contributed by atoms with Gasteiger partial charge in [-0.2, -0.15) is 13.2 Å². The number of alkyl halides is 3. The van der Waals surface area contributed by atoms with Crippen LogP contribution < -0.4 is 5.32 Å². The predicted octanol–water partition coefficient (Wildman–Crippen LogP) is 1.14. The van der Waals surface area contributed by atoms with Gasteiger partial charge < -0.3 is 15.3 Å². The number of pyridine rings is 1. The van der Waals surface area contributed by atoms with E-state index in [0.717, 1.165) is 0 Å². The van der Waals surface area contributed by atoms with Crippen LogP contribution in [0.25, 0.3) is 0 Å². The zero-order valence-electron chi connectivity index (χ0n) is 10.7. The van der Waals surface area contributed by atoms with Crippen molar-refractivity contribution in [1.29, 1.82) is 0 Å². The number of amides is 2. The molecule has 1 aliphatic rings. The van der Waals surface area contributed by atoms with E-state index in [1.807, 2.05) is 0 Å². The van der Waals surface area contributed by atoms with Crippen LogP contribution in [-0.2, 0) is 9.59 Å². The molecule has 1 atom stereocenters. The van der Waals surface area contributed by atoms with E-state index < -0.39 is 30.5 Å². The zero-order chi connectivity index (χ0) is 15.6. The summed E-state index contributed by atoms with van der Waals surface area (Å²) >= 11 is 0. The smallest absolute Gasteiger partial charge is 0.406 e. The minimum absolute atomic E-state index is 0.0933. The molecule has 0 aromatic carbocycles. The molecular weight excluding hydrogens is 291 g/mol. The molecule has 1 saturated heterocycles. The number of likely N-dealkylation sites (tertiary alicyclic amines) is 1. The summed E-state index contributed by atoms with van der Waals surface area (Å²) < 4.78 is 36.8. The Hall–Kier alpha value is -2.32. The summed E-state index contributed by atoms with van der Waals surface area (Å²) in [5, 5.41) is 11.8. The lowest BCUT2D eigenvalue weighted by Gasteiger charge is -2.18. The number of aromatic nitrogens is 1. The Morgan fingerprint density at radius 3 is 2.86 bits per heavy atom. The van der Waals surface area contributed by atoms with E-state index in [1.165, 1.54) is 18.3 Å². The average molecular weight is 303 g/mol. The van der Waals surface area contributed by atoms with E-state index in [1.54, 1.807) is 0 Å². The number of carbonyl (C=O) groups excluding carboxylic acids is 2. The normalized spacial score (nSPS) is 18.9. The monoisotopic (exact) mass is 303 g/mol. The maximum Gasteiger partial charge on any atom is 0.406 e. The third kappa shape index (κ3) is 3.83. The van der Waals surface area contributed by atoms with Crippen molar-refractivity contribution in [2.45, 2.75) is 12.6 Å². The van der Waals surface area contributed by atoms with E-state index in [2.05, 4.69) is 10.3 Å². The van der Waals surface area contributed by atoms with Gasteiger partial charge in [0, 0.05) is 19.2 Å². The second kappa shape index (κ2) is 5.58. The fourth-order valence-electron chi connectivity index (χ4n) is 2.03. The molecule has 114 valence electrons. The fraction of sp³-hybridized carbons (Fsp3) is 0.417. The lowest BCUT2D eigenvalue weighted by Crippen LogP contribution is -2.36. The van der Waals surface area contributed by atoms with E-state index in [9.17, 15) is 27.9 Å².